The molecule has 16 heavy (non-hydrogen) atoms. The molecule has 1 heterocycles. The second kappa shape index (κ2) is 4.14. The van der Waals surface area contributed by atoms with E-state index in [0.717, 1.165) is 0 Å². The summed E-state index contributed by atoms with van der Waals surface area (Å²) >= 11 is 0. The highest BCUT2D eigenvalue weighted by molar-refractivity contribution is 5.35. The fraction of sp³-hybridized carbons (Fsp3) is 0.429. The first kappa shape index (κ1) is 12.5. The van der Waals surface area contributed by atoms with Crippen molar-refractivity contribution in [2.75, 3.05) is 11.9 Å². The first-order valence-corrected chi connectivity index (χ1v) is 3.88. The van der Waals surface area contributed by atoms with Gasteiger partial charge < -0.3 is 5.32 Å². The molecule has 0 aromatic carbocycles. The molecule has 3 nitrogen and oxygen atoms in total. The fourth-order valence-electron chi connectivity index (χ4n) is 0.800. The number of hydrogen-bond donors (Lipinski definition) is 1. The maximum Gasteiger partial charge on any atom is 0.433 e. The summed E-state index contributed by atoms with van der Waals surface area (Å²) in [6.07, 6.45) is -8.69. The number of aromatic nitrogens is 2. The van der Waals surface area contributed by atoms with E-state index >= 15 is 0 Å². The van der Waals surface area contributed by atoms with Crippen LogP contribution in [0, 0.1) is 0 Å². The van der Waals surface area contributed by atoms with Gasteiger partial charge in [0.15, 0.2) is 0 Å². The largest absolute Gasteiger partial charge is 0.433 e. The molecule has 0 spiro atoms. The van der Waals surface area contributed by atoms with Gasteiger partial charge in [-0.15, -0.1) is 0 Å². The Labute approximate surface area is 85.5 Å². The lowest BCUT2D eigenvalue weighted by Crippen LogP contribution is -2.22. The minimum absolute atomic E-state index is 0.408. The number of alkyl halides is 6. The zero-order valence-electron chi connectivity index (χ0n) is 7.52. The molecule has 0 bridgehead atoms. The van der Waals surface area contributed by atoms with Crippen molar-refractivity contribution in [1.82, 2.24) is 9.97 Å². The SMILES string of the molecule is FC(F)(F)CNc1cc(C(F)(F)F)ncn1. The van der Waals surface area contributed by atoms with Crippen molar-refractivity contribution in [2.45, 2.75) is 12.4 Å². The minimum atomic E-state index is -4.71. The number of rotatable bonds is 2. The third-order valence-electron chi connectivity index (χ3n) is 1.43. The van der Waals surface area contributed by atoms with Gasteiger partial charge in [0.25, 0.3) is 0 Å². The van der Waals surface area contributed by atoms with Crippen LogP contribution in [-0.4, -0.2) is 22.7 Å². The maximum absolute atomic E-state index is 12.1. The first-order valence-electron chi connectivity index (χ1n) is 3.88. The molecule has 9 heteroatoms. The van der Waals surface area contributed by atoms with Gasteiger partial charge in [0.05, 0.1) is 0 Å². The van der Waals surface area contributed by atoms with Gasteiger partial charge >= 0.3 is 12.4 Å². The van der Waals surface area contributed by atoms with Crippen molar-refractivity contribution >= 4 is 5.82 Å². The summed E-state index contributed by atoms with van der Waals surface area (Å²) in [4.78, 5) is 6.13. The third-order valence-corrected chi connectivity index (χ3v) is 1.43. The van der Waals surface area contributed by atoms with Crippen LogP contribution in [0.2, 0.25) is 0 Å². The van der Waals surface area contributed by atoms with E-state index in [4.69, 9.17) is 0 Å². The quantitative estimate of drug-likeness (QED) is 0.813. The Hall–Kier alpha value is -1.54. The molecule has 1 N–H and O–H groups in total. The molecule has 0 saturated heterocycles. The van der Waals surface area contributed by atoms with Crippen LogP contribution in [0.1, 0.15) is 5.69 Å². The normalized spacial score (nSPS) is 12.6. The van der Waals surface area contributed by atoms with Crippen LogP contribution >= 0.6 is 0 Å². The molecule has 1 aromatic heterocycles. The number of hydrogen-bond acceptors (Lipinski definition) is 3. The molecule has 0 atom stereocenters. The fourth-order valence-corrected chi connectivity index (χ4v) is 0.800. The summed E-state index contributed by atoms with van der Waals surface area (Å²) in [7, 11) is 0. The predicted octanol–water partition coefficient (Wildman–Crippen LogP) is 2.47. The summed E-state index contributed by atoms with van der Waals surface area (Å²) in [6, 6.07) is 0.408. The van der Waals surface area contributed by atoms with E-state index in [2.05, 4.69) is 9.97 Å². The van der Waals surface area contributed by atoms with Crippen molar-refractivity contribution in [3.8, 4) is 0 Å². The smallest absolute Gasteiger partial charge is 0.361 e. The van der Waals surface area contributed by atoms with Gasteiger partial charge in [0.2, 0.25) is 0 Å². The van der Waals surface area contributed by atoms with E-state index in [1.165, 1.54) is 0 Å². The van der Waals surface area contributed by atoms with Crippen LogP contribution in [-0.2, 0) is 6.18 Å². The standard InChI is InChI=1S/C7H5F6N3/c8-6(9,10)2-14-5-1-4(7(11,12)13)15-3-16-5/h1,3H,2H2,(H,14,15,16). The van der Waals surface area contributed by atoms with Crippen LogP contribution in [0.15, 0.2) is 12.4 Å². The molecular formula is C7H5F6N3. The van der Waals surface area contributed by atoms with E-state index in [9.17, 15) is 26.3 Å². The molecule has 1 rings (SSSR count). The molecular weight excluding hydrogens is 240 g/mol. The van der Waals surface area contributed by atoms with Gasteiger partial charge in [-0.2, -0.15) is 26.3 Å². The molecule has 0 unspecified atom stereocenters. The van der Waals surface area contributed by atoms with Crippen LogP contribution in [0.3, 0.4) is 0 Å². The van der Waals surface area contributed by atoms with Gasteiger partial charge in [-0.3, -0.25) is 0 Å². The molecule has 0 aliphatic heterocycles. The van der Waals surface area contributed by atoms with E-state index in [-0.39, 0.29) is 0 Å². The predicted molar refractivity (Wildman–Crippen MR) is 41.6 cm³/mol. The van der Waals surface area contributed by atoms with Crippen molar-refractivity contribution in [3.05, 3.63) is 18.1 Å². The lowest BCUT2D eigenvalue weighted by atomic mass is 10.4. The zero-order valence-corrected chi connectivity index (χ0v) is 7.52. The van der Waals surface area contributed by atoms with Crippen molar-refractivity contribution in [1.29, 1.82) is 0 Å². The molecule has 0 radical (unpaired) electrons. The molecule has 0 saturated carbocycles. The Morgan fingerprint density at radius 3 is 2.19 bits per heavy atom. The van der Waals surface area contributed by atoms with E-state index in [1.807, 2.05) is 0 Å². The van der Waals surface area contributed by atoms with Crippen LogP contribution < -0.4 is 5.32 Å². The van der Waals surface area contributed by atoms with Gasteiger partial charge in [0.1, 0.15) is 24.4 Å². The maximum atomic E-state index is 12.1. The Balaban J connectivity index is 2.76. The summed E-state index contributed by atoms with van der Waals surface area (Å²) < 4.78 is 71.5. The van der Waals surface area contributed by atoms with Gasteiger partial charge in [-0.1, -0.05) is 0 Å². The van der Waals surface area contributed by atoms with Gasteiger partial charge in [-0.25, -0.2) is 9.97 Å². The van der Waals surface area contributed by atoms with Crippen molar-refractivity contribution < 1.29 is 26.3 Å². The van der Waals surface area contributed by atoms with Gasteiger partial charge in [-0.05, 0) is 0 Å². The molecule has 1 aromatic rings. The number of nitrogens with zero attached hydrogens (tertiary/aromatic N) is 2. The second-order valence-corrected chi connectivity index (χ2v) is 2.75. The number of anilines is 1. The van der Waals surface area contributed by atoms with Crippen LogP contribution in [0.4, 0.5) is 32.2 Å². The second-order valence-electron chi connectivity index (χ2n) is 2.75. The first-order chi connectivity index (χ1) is 7.18. The van der Waals surface area contributed by atoms with E-state index in [1.54, 1.807) is 5.32 Å². The number of halogens is 6. The summed E-state index contributed by atoms with van der Waals surface area (Å²) in [5.74, 6) is -0.528. The third kappa shape index (κ3) is 3.91. The summed E-state index contributed by atoms with van der Waals surface area (Å²) in [6.45, 7) is -1.46. The monoisotopic (exact) mass is 245 g/mol. The molecule has 0 amide bonds. The Morgan fingerprint density at radius 2 is 1.69 bits per heavy atom. The van der Waals surface area contributed by atoms with Crippen molar-refractivity contribution in [3.63, 3.8) is 0 Å². The van der Waals surface area contributed by atoms with Gasteiger partial charge in [0, 0.05) is 6.07 Å². The average Bonchev–Trinajstić information content (AvgIpc) is 2.13. The Bertz CT molecular complexity index is 358. The topological polar surface area (TPSA) is 37.8 Å². The van der Waals surface area contributed by atoms with Crippen LogP contribution in [0.5, 0.6) is 0 Å². The van der Waals surface area contributed by atoms with E-state index in [0.29, 0.717) is 12.4 Å². The lowest BCUT2D eigenvalue weighted by Gasteiger charge is -2.10. The highest BCUT2D eigenvalue weighted by Crippen LogP contribution is 2.28. The highest BCUT2D eigenvalue weighted by Gasteiger charge is 2.33. The molecule has 0 aliphatic carbocycles. The molecule has 0 aliphatic rings. The zero-order chi connectivity index (χ0) is 12.4. The molecule has 0 fully saturated rings. The highest BCUT2D eigenvalue weighted by atomic mass is 19.4. The Morgan fingerprint density at radius 1 is 1.06 bits per heavy atom. The summed E-state index contributed by atoms with van der Waals surface area (Å²) in [5, 5.41) is 1.72. The van der Waals surface area contributed by atoms with Crippen LogP contribution in [0.25, 0.3) is 0 Å². The van der Waals surface area contributed by atoms with E-state index < -0.39 is 30.4 Å². The van der Waals surface area contributed by atoms with Crippen molar-refractivity contribution in [2.24, 2.45) is 0 Å². The number of nitrogens with one attached hydrogen (secondary N) is 1. The Kier molecular flexibility index (Phi) is 3.24. The minimum Gasteiger partial charge on any atom is -0.361 e. The molecule has 90 valence electrons. The average molecular weight is 245 g/mol. The lowest BCUT2D eigenvalue weighted by molar-refractivity contribution is -0.141. The summed E-state index contributed by atoms with van der Waals surface area (Å²) in [5.41, 5.74) is -1.30.